The first-order valence-electron chi connectivity index (χ1n) is 10.4. The summed E-state index contributed by atoms with van der Waals surface area (Å²) in [4.78, 5) is 13.3. The number of carbonyl (C=O) groups excluding carboxylic acids is 1. The molecule has 0 N–H and O–H groups in total. The topological polar surface area (TPSA) is 63.7 Å². The molecule has 0 bridgehead atoms. The van der Waals surface area contributed by atoms with E-state index in [9.17, 15) is 13.2 Å². The number of rotatable bonds is 6. The van der Waals surface area contributed by atoms with E-state index in [0.717, 1.165) is 21.0 Å². The molecule has 0 aliphatic carbocycles. The van der Waals surface area contributed by atoms with Crippen LogP contribution in [0.1, 0.15) is 37.5 Å². The fraction of sp³-hybridized carbons (Fsp3) is 0.269. The van der Waals surface area contributed by atoms with E-state index in [0.29, 0.717) is 5.75 Å². The minimum Gasteiger partial charge on any atom is -0.483 e. The molecule has 32 heavy (non-hydrogen) atoms. The summed E-state index contributed by atoms with van der Waals surface area (Å²) in [5.74, 6) is -0.101. The van der Waals surface area contributed by atoms with Crippen molar-refractivity contribution < 1.29 is 17.9 Å². The number of hydrogen-bond donors (Lipinski definition) is 0. The normalized spacial score (nSPS) is 11.8. The molecule has 3 aromatic rings. The fourth-order valence-electron chi connectivity index (χ4n) is 3.35. The minimum absolute atomic E-state index is 0.0413. The van der Waals surface area contributed by atoms with Crippen molar-refractivity contribution in [2.24, 2.45) is 0 Å². The molecule has 0 aliphatic heterocycles. The number of carbonyl (C=O) groups is 1. The summed E-state index contributed by atoms with van der Waals surface area (Å²) in [5.41, 5.74) is 3.08. The Morgan fingerprint density at radius 1 is 0.875 bits per heavy atom. The fourth-order valence-corrected chi connectivity index (χ4v) is 4.78. The molecule has 168 valence electrons. The standard InChI is InChI=1S/C26H29NO4S/c1-19-11-14-21(15-12-19)27(32(29,30)22-9-7-6-8-10-22)25(28)18-31-24-16-13-20(2)17-23(24)26(3,4)5/h6-17H,18H2,1-5H3. The van der Waals surface area contributed by atoms with Gasteiger partial charge in [0.15, 0.2) is 6.61 Å². The van der Waals surface area contributed by atoms with Crippen molar-refractivity contribution in [1.29, 1.82) is 0 Å². The number of amides is 1. The van der Waals surface area contributed by atoms with E-state index in [4.69, 9.17) is 4.74 Å². The smallest absolute Gasteiger partial charge is 0.278 e. The Labute approximate surface area is 190 Å². The first-order chi connectivity index (χ1) is 15.0. The molecule has 6 heteroatoms. The van der Waals surface area contributed by atoms with Gasteiger partial charge in [0.1, 0.15) is 5.75 Å². The summed E-state index contributed by atoms with van der Waals surface area (Å²) < 4.78 is 33.5. The highest BCUT2D eigenvalue weighted by Gasteiger charge is 2.31. The SMILES string of the molecule is Cc1ccc(N(C(=O)COc2ccc(C)cc2C(C)(C)C)S(=O)(=O)c2ccccc2)cc1. The van der Waals surface area contributed by atoms with Crippen LogP contribution in [0.15, 0.2) is 77.7 Å². The van der Waals surface area contributed by atoms with Crippen molar-refractivity contribution in [2.45, 2.75) is 44.9 Å². The molecule has 3 aromatic carbocycles. The summed E-state index contributed by atoms with van der Waals surface area (Å²) in [6.07, 6.45) is 0. The molecular formula is C26H29NO4S. The molecule has 0 aromatic heterocycles. The van der Waals surface area contributed by atoms with E-state index in [2.05, 4.69) is 20.8 Å². The zero-order valence-corrected chi connectivity index (χ0v) is 19.9. The van der Waals surface area contributed by atoms with Gasteiger partial charge in [-0.1, -0.05) is 74.4 Å². The van der Waals surface area contributed by atoms with Crippen LogP contribution in [-0.2, 0) is 20.2 Å². The van der Waals surface area contributed by atoms with Crippen molar-refractivity contribution in [3.63, 3.8) is 0 Å². The molecule has 0 unspecified atom stereocenters. The largest absolute Gasteiger partial charge is 0.483 e. The van der Waals surface area contributed by atoms with Gasteiger partial charge in [0.05, 0.1) is 10.6 Å². The van der Waals surface area contributed by atoms with Crippen molar-refractivity contribution in [3.05, 3.63) is 89.5 Å². The van der Waals surface area contributed by atoms with Crippen LogP contribution in [-0.4, -0.2) is 20.9 Å². The number of nitrogens with zero attached hydrogens (tertiary/aromatic N) is 1. The summed E-state index contributed by atoms with van der Waals surface area (Å²) in [7, 11) is -4.11. The van der Waals surface area contributed by atoms with Gasteiger partial charge in [-0.15, -0.1) is 0 Å². The molecule has 3 rings (SSSR count). The van der Waals surface area contributed by atoms with Crippen molar-refractivity contribution >= 4 is 21.6 Å². The van der Waals surface area contributed by atoms with E-state index in [1.165, 1.54) is 12.1 Å². The predicted octanol–water partition coefficient (Wildman–Crippen LogP) is 5.40. The number of sulfonamides is 1. The van der Waals surface area contributed by atoms with Crippen LogP contribution in [0.4, 0.5) is 5.69 Å². The molecule has 0 aliphatic rings. The highest BCUT2D eigenvalue weighted by Crippen LogP contribution is 2.32. The number of ether oxygens (including phenoxy) is 1. The molecule has 5 nitrogen and oxygen atoms in total. The number of anilines is 1. The van der Waals surface area contributed by atoms with Crippen LogP contribution >= 0.6 is 0 Å². The van der Waals surface area contributed by atoms with E-state index in [1.54, 1.807) is 42.5 Å². The third-order valence-corrected chi connectivity index (χ3v) is 6.83. The van der Waals surface area contributed by atoms with Crippen LogP contribution in [0.5, 0.6) is 5.75 Å². The third kappa shape index (κ3) is 5.19. The Bertz CT molecular complexity index is 1190. The molecule has 0 radical (unpaired) electrons. The Morgan fingerprint density at radius 3 is 2.06 bits per heavy atom. The van der Waals surface area contributed by atoms with Gasteiger partial charge < -0.3 is 4.74 Å². The van der Waals surface area contributed by atoms with Crippen molar-refractivity contribution in [1.82, 2.24) is 0 Å². The van der Waals surface area contributed by atoms with Gasteiger partial charge in [-0.05, 0) is 55.2 Å². The average Bonchev–Trinajstić information content (AvgIpc) is 2.74. The van der Waals surface area contributed by atoms with Gasteiger partial charge in [0, 0.05) is 0 Å². The Balaban J connectivity index is 1.97. The molecule has 0 fully saturated rings. The number of benzene rings is 3. The van der Waals surface area contributed by atoms with Gasteiger partial charge in [-0.3, -0.25) is 4.79 Å². The van der Waals surface area contributed by atoms with Crippen LogP contribution in [0, 0.1) is 13.8 Å². The second-order valence-corrected chi connectivity index (χ2v) is 10.6. The zero-order valence-electron chi connectivity index (χ0n) is 19.1. The Hall–Kier alpha value is -3.12. The van der Waals surface area contributed by atoms with Gasteiger partial charge in [-0.25, -0.2) is 8.42 Å². The predicted molar refractivity (Wildman–Crippen MR) is 128 cm³/mol. The highest BCUT2D eigenvalue weighted by atomic mass is 32.2. The van der Waals surface area contributed by atoms with E-state index < -0.39 is 22.5 Å². The summed E-state index contributed by atoms with van der Waals surface area (Å²) >= 11 is 0. The van der Waals surface area contributed by atoms with Crippen molar-refractivity contribution in [2.75, 3.05) is 10.9 Å². The third-order valence-electron chi connectivity index (χ3n) is 5.07. The lowest BCUT2D eigenvalue weighted by atomic mass is 9.85. The van der Waals surface area contributed by atoms with Crippen LogP contribution in [0.2, 0.25) is 0 Å². The quantitative estimate of drug-likeness (QED) is 0.503. The lowest BCUT2D eigenvalue weighted by Crippen LogP contribution is -2.40. The maximum atomic E-state index is 13.4. The molecule has 0 atom stereocenters. The second-order valence-electron chi connectivity index (χ2n) is 8.85. The Morgan fingerprint density at radius 2 is 1.47 bits per heavy atom. The molecule has 0 saturated heterocycles. The molecular weight excluding hydrogens is 422 g/mol. The highest BCUT2D eigenvalue weighted by molar-refractivity contribution is 7.93. The second kappa shape index (κ2) is 9.17. The zero-order chi connectivity index (χ0) is 23.5. The van der Waals surface area contributed by atoms with Crippen LogP contribution in [0.3, 0.4) is 0 Å². The summed E-state index contributed by atoms with van der Waals surface area (Å²) in [5, 5.41) is 0. The average molecular weight is 452 g/mol. The molecule has 0 saturated carbocycles. The van der Waals surface area contributed by atoms with Crippen LogP contribution in [0.25, 0.3) is 0 Å². The van der Waals surface area contributed by atoms with Crippen molar-refractivity contribution in [3.8, 4) is 5.75 Å². The molecule has 0 spiro atoms. The van der Waals surface area contributed by atoms with Gasteiger partial charge in [0.25, 0.3) is 15.9 Å². The van der Waals surface area contributed by atoms with E-state index in [-0.39, 0.29) is 16.0 Å². The van der Waals surface area contributed by atoms with E-state index >= 15 is 0 Å². The Kier molecular flexibility index (Phi) is 6.74. The van der Waals surface area contributed by atoms with Gasteiger partial charge >= 0.3 is 0 Å². The monoisotopic (exact) mass is 451 g/mol. The summed E-state index contributed by atoms with van der Waals surface area (Å²) in [6, 6.07) is 20.5. The van der Waals surface area contributed by atoms with Crippen LogP contribution < -0.4 is 9.04 Å². The van der Waals surface area contributed by atoms with Gasteiger partial charge in [0.2, 0.25) is 0 Å². The maximum Gasteiger partial charge on any atom is 0.278 e. The molecule has 1 amide bonds. The number of aryl methyl sites for hydroxylation is 2. The first kappa shape index (κ1) is 23.5. The van der Waals surface area contributed by atoms with Gasteiger partial charge in [-0.2, -0.15) is 4.31 Å². The number of hydrogen-bond acceptors (Lipinski definition) is 4. The first-order valence-corrected chi connectivity index (χ1v) is 11.9. The molecule has 0 heterocycles. The maximum absolute atomic E-state index is 13.4. The minimum atomic E-state index is -4.11. The lowest BCUT2D eigenvalue weighted by molar-refractivity contribution is -0.119. The lowest BCUT2D eigenvalue weighted by Gasteiger charge is -2.25. The van der Waals surface area contributed by atoms with E-state index in [1.807, 2.05) is 32.0 Å². The summed E-state index contributed by atoms with van der Waals surface area (Å²) in [6.45, 7) is 9.68.